The van der Waals surface area contributed by atoms with E-state index in [9.17, 15) is 0 Å². The predicted octanol–water partition coefficient (Wildman–Crippen LogP) is 5.01. The zero-order chi connectivity index (χ0) is 12.7. The van der Waals surface area contributed by atoms with Crippen LogP contribution in [0.4, 0.5) is 11.4 Å². The Morgan fingerprint density at radius 2 is 1.67 bits per heavy atom. The Hall–Kier alpha value is -1.41. The number of hydrogen-bond acceptors (Lipinski definition) is 2. The first-order valence-electron chi connectivity index (χ1n) is 6.33. The van der Waals surface area contributed by atoms with Crippen molar-refractivity contribution in [1.29, 1.82) is 0 Å². The molecular formula is C16H17NS. The molecule has 0 atom stereocenters. The number of hydrogen-bond donors (Lipinski definition) is 0. The van der Waals surface area contributed by atoms with Crippen LogP contribution in [0.5, 0.6) is 0 Å². The van der Waals surface area contributed by atoms with Crippen molar-refractivity contribution < 1.29 is 0 Å². The Morgan fingerprint density at radius 1 is 0.944 bits per heavy atom. The van der Waals surface area contributed by atoms with Gasteiger partial charge in [-0.05, 0) is 50.6 Å². The summed E-state index contributed by atoms with van der Waals surface area (Å²) in [6, 6.07) is 15.8. The van der Waals surface area contributed by atoms with Crippen molar-refractivity contribution >= 4 is 23.1 Å². The van der Waals surface area contributed by atoms with E-state index < -0.39 is 0 Å². The number of anilines is 2. The molecule has 1 heterocycles. The summed E-state index contributed by atoms with van der Waals surface area (Å²) < 4.78 is 0. The van der Waals surface area contributed by atoms with Crippen LogP contribution in [-0.2, 0) is 0 Å². The van der Waals surface area contributed by atoms with E-state index in [1.807, 2.05) is 11.8 Å². The predicted molar refractivity (Wildman–Crippen MR) is 79.0 cm³/mol. The Bertz CT molecular complexity index is 589. The molecule has 0 aliphatic carbocycles. The molecule has 1 nitrogen and oxygen atoms in total. The first-order chi connectivity index (χ1) is 8.66. The second-order valence-corrected chi connectivity index (χ2v) is 6.09. The maximum atomic E-state index is 2.44. The van der Waals surface area contributed by atoms with E-state index in [1.165, 1.54) is 26.7 Å². The third kappa shape index (κ3) is 1.81. The molecule has 0 unspecified atom stereocenters. The van der Waals surface area contributed by atoms with Crippen molar-refractivity contribution in [2.75, 3.05) is 4.90 Å². The summed E-state index contributed by atoms with van der Waals surface area (Å²) >= 11 is 1.87. The average molecular weight is 255 g/mol. The molecule has 18 heavy (non-hydrogen) atoms. The largest absolute Gasteiger partial charge is 0.337 e. The minimum absolute atomic E-state index is 0.465. The van der Waals surface area contributed by atoms with Gasteiger partial charge in [0.1, 0.15) is 0 Å². The molecule has 0 spiro atoms. The maximum Gasteiger partial charge on any atom is 0.0557 e. The van der Waals surface area contributed by atoms with Crippen molar-refractivity contribution in [3.8, 4) is 0 Å². The first-order valence-corrected chi connectivity index (χ1v) is 7.15. The van der Waals surface area contributed by atoms with Crippen LogP contribution in [0.15, 0.2) is 52.3 Å². The number of rotatable bonds is 1. The van der Waals surface area contributed by atoms with Crippen molar-refractivity contribution in [1.82, 2.24) is 0 Å². The normalized spacial score (nSPS) is 13.4. The second-order valence-electron chi connectivity index (χ2n) is 5.00. The lowest BCUT2D eigenvalue weighted by Crippen LogP contribution is -2.28. The molecule has 2 aromatic carbocycles. The molecular weight excluding hydrogens is 238 g/mol. The SMILES string of the molecule is Cc1ccc2c(c1)N(C(C)C)c1ccccc1S2. The lowest BCUT2D eigenvalue weighted by Gasteiger charge is -2.36. The van der Waals surface area contributed by atoms with Crippen LogP contribution >= 0.6 is 11.8 Å². The highest BCUT2D eigenvalue weighted by atomic mass is 32.2. The Balaban J connectivity index is 2.21. The molecule has 0 saturated carbocycles. The minimum Gasteiger partial charge on any atom is -0.337 e. The minimum atomic E-state index is 0.465. The number of benzene rings is 2. The van der Waals surface area contributed by atoms with E-state index in [0.29, 0.717) is 6.04 Å². The molecule has 0 N–H and O–H groups in total. The van der Waals surface area contributed by atoms with Crippen molar-refractivity contribution in [3.05, 3.63) is 48.0 Å². The van der Waals surface area contributed by atoms with Crippen molar-refractivity contribution in [2.24, 2.45) is 0 Å². The summed E-state index contributed by atoms with van der Waals surface area (Å²) in [5.74, 6) is 0. The van der Waals surface area contributed by atoms with Crippen LogP contribution < -0.4 is 4.90 Å². The van der Waals surface area contributed by atoms with Gasteiger partial charge in [0.15, 0.2) is 0 Å². The van der Waals surface area contributed by atoms with E-state index in [0.717, 1.165) is 0 Å². The number of fused-ring (bicyclic) bond motifs is 2. The summed E-state index contributed by atoms with van der Waals surface area (Å²) in [7, 11) is 0. The fourth-order valence-corrected chi connectivity index (χ4v) is 3.50. The van der Waals surface area contributed by atoms with Gasteiger partial charge in [0.2, 0.25) is 0 Å². The Morgan fingerprint density at radius 3 is 2.44 bits per heavy atom. The third-order valence-corrected chi connectivity index (χ3v) is 4.37. The zero-order valence-electron chi connectivity index (χ0n) is 11.0. The molecule has 0 amide bonds. The molecule has 0 fully saturated rings. The van der Waals surface area contributed by atoms with Gasteiger partial charge in [-0.2, -0.15) is 0 Å². The Kier molecular flexibility index (Phi) is 2.83. The van der Waals surface area contributed by atoms with E-state index in [2.05, 4.69) is 68.1 Å². The molecule has 1 aliphatic heterocycles. The summed E-state index contributed by atoms with van der Waals surface area (Å²) in [6.07, 6.45) is 0. The topological polar surface area (TPSA) is 3.24 Å². The quantitative estimate of drug-likeness (QED) is 0.705. The van der Waals surface area contributed by atoms with E-state index in [4.69, 9.17) is 0 Å². The smallest absolute Gasteiger partial charge is 0.0557 e. The molecule has 0 saturated heterocycles. The highest BCUT2D eigenvalue weighted by Gasteiger charge is 2.24. The van der Waals surface area contributed by atoms with Gasteiger partial charge in [0.25, 0.3) is 0 Å². The van der Waals surface area contributed by atoms with Crippen molar-refractivity contribution in [3.63, 3.8) is 0 Å². The Labute approximate surface area is 113 Å². The van der Waals surface area contributed by atoms with E-state index in [-0.39, 0.29) is 0 Å². The van der Waals surface area contributed by atoms with Gasteiger partial charge in [-0.15, -0.1) is 0 Å². The van der Waals surface area contributed by atoms with Crippen LogP contribution in [0.2, 0.25) is 0 Å². The average Bonchev–Trinajstić information content (AvgIpc) is 2.35. The van der Waals surface area contributed by atoms with Gasteiger partial charge < -0.3 is 4.90 Å². The first kappa shape index (κ1) is 11.7. The van der Waals surface area contributed by atoms with Crippen LogP contribution in [0.1, 0.15) is 19.4 Å². The maximum absolute atomic E-state index is 2.44. The standard InChI is InChI=1S/C16H17NS/c1-11(2)17-13-6-4-5-7-15(13)18-16-9-8-12(3)10-14(16)17/h4-11H,1-3H3. The molecule has 0 bridgehead atoms. The summed E-state index contributed by atoms with van der Waals surface area (Å²) in [5.41, 5.74) is 3.99. The molecule has 0 aromatic heterocycles. The molecule has 1 aliphatic rings. The lowest BCUT2D eigenvalue weighted by molar-refractivity contribution is 0.772. The fraction of sp³-hybridized carbons (Fsp3) is 0.250. The number of aryl methyl sites for hydroxylation is 1. The number of nitrogens with zero attached hydrogens (tertiary/aromatic N) is 1. The van der Waals surface area contributed by atoms with Gasteiger partial charge in [0.05, 0.1) is 11.4 Å². The molecule has 3 rings (SSSR count). The summed E-state index contributed by atoms with van der Waals surface area (Å²) in [6.45, 7) is 6.65. The van der Waals surface area contributed by atoms with Crippen LogP contribution in [0.3, 0.4) is 0 Å². The van der Waals surface area contributed by atoms with E-state index in [1.54, 1.807) is 0 Å². The molecule has 2 aromatic rings. The van der Waals surface area contributed by atoms with Crippen LogP contribution in [0, 0.1) is 6.92 Å². The zero-order valence-corrected chi connectivity index (χ0v) is 11.8. The summed E-state index contributed by atoms with van der Waals surface area (Å²) in [4.78, 5) is 5.14. The van der Waals surface area contributed by atoms with Gasteiger partial charge in [-0.3, -0.25) is 0 Å². The van der Waals surface area contributed by atoms with Gasteiger partial charge >= 0.3 is 0 Å². The van der Waals surface area contributed by atoms with Gasteiger partial charge in [0, 0.05) is 15.8 Å². The summed E-state index contributed by atoms with van der Waals surface area (Å²) in [5, 5.41) is 0. The fourth-order valence-electron chi connectivity index (χ4n) is 2.45. The third-order valence-electron chi connectivity index (χ3n) is 3.24. The molecule has 92 valence electrons. The highest BCUT2D eigenvalue weighted by Crippen LogP contribution is 2.48. The van der Waals surface area contributed by atoms with Crippen molar-refractivity contribution in [2.45, 2.75) is 36.6 Å². The lowest BCUT2D eigenvalue weighted by atomic mass is 10.1. The second kappa shape index (κ2) is 4.36. The van der Waals surface area contributed by atoms with Gasteiger partial charge in [-0.1, -0.05) is 30.0 Å². The highest BCUT2D eigenvalue weighted by molar-refractivity contribution is 7.99. The molecule has 2 heteroatoms. The van der Waals surface area contributed by atoms with Crippen LogP contribution in [0.25, 0.3) is 0 Å². The van der Waals surface area contributed by atoms with E-state index >= 15 is 0 Å². The molecule has 0 radical (unpaired) electrons. The number of para-hydroxylation sites is 1. The monoisotopic (exact) mass is 255 g/mol. The van der Waals surface area contributed by atoms with Gasteiger partial charge in [-0.25, -0.2) is 0 Å². The van der Waals surface area contributed by atoms with Crippen LogP contribution in [-0.4, -0.2) is 6.04 Å².